The molecule has 0 radical (unpaired) electrons. The van der Waals surface area contributed by atoms with Gasteiger partial charge in [-0.1, -0.05) is 24.3 Å². The summed E-state index contributed by atoms with van der Waals surface area (Å²) in [5, 5.41) is 0. The fourth-order valence-electron chi connectivity index (χ4n) is 1.41. The van der Waals surface area contributed by atoms with Crippen molar-refractivity contribution in [1.82, 2.24) is 0 Å². The van der Waals surface area contributed by atoms with E-state index in [-0.39, 0.29) is 0 Å². The minimum Gasteiger partial charge on any atom is -0.368 e. The first-order chi connectivity index (χ1) is 5.93. The predicted octanol–water partition coefficient (Wildman–Crippen LogP) is 1.83. The zero-order chi connectivity index (χ0) is 7.97. The summed E-state index contributed by atoms with van der Waals surface area (Å²) in [7, 11) is 0. The fraction of sp³-hybridized carbons (Fsp3) is 0.400. The van der Waals surface area contributed by atoms with Crippen molar-refractivity contribution in [2.24, 2.45) is 0 Å². The smallest absolute Gasteiger partial charge is 0.106 e. The molecule has 2 aliphatic rings. The van der Waals surface area contributed by atoms with Gasteiger partial charge in [-0.25, -0.2) is 0 Å². The summed E-state index contributed by atoms with van der Waals surface area (Å²) < 4.78 is 10.4. The van der Waals surface area contributed by atoms with Crippen molar-refractivity contribution in [2.45, 2.75) is 12.2 Å². The molecule has 3 rings (SSSR count). The summed E-state index contributed by atoms with van der Waals surface area (Å²) in [6, 6.07) is 8.53. The van der Waals surface area contributed by atoms with Crippen LogP contribution in [0.5, 0.6) is 0 Å². The van der Waals surface area contributed by atoms with Gasteiger partial charge in [-0.3, -0.25) is 0 Å². The third-order valence-electron chi connectivity index (χ3n) is 2.35. The quantitative estimate of drug-likeness (QED) is 0.620. The number of benzene rings is 1. The summed E-state index contributed by atoms with van der Waals surface area (Å²) in [6.45, 7) is 1.78. The second-order valence-corrected chi connectivity index (χ2v) is 3.31. The molecular weight excluding hydrogens is 152 g/mol. The van der Waals surface area contributed by atoms with Gasteiger partial charge in [0.25, 0.3) is 0 Å². The largest absolute Gasteiger partial charge is 0.368 e. The predicted molar refractivity (Wildman–Crippen MR) is 43.8 cm³/mol. The molecule has 0 amide bonds. The Morgan fingerprint density at radius 1 is 0.833 bits per heavy atom. The van der Waals surface area contributed by atoms with Gasteiger partial charge in [0.2, 0.25) is 0 Å². The van der Waals surface area contributed by atoms with Crippen LogP contribution in [0.25, 0.3) is 0 Å². The second-order valence-electron chi connectivity index (χ2n) is 3.31. The lowest BCUT2D eigenvalue weighted by Crippen LogP contribution is -1.83. The zero-order valence-electron chi connectivity index (χ0n) is 6.69. The lowest BCUT2D eigenvalue weighted by atomic mass is 10.1. The van der Waals surface area contributed by atoms with E-state index in [1.807, 2.05) is 0 Å². The first kappa shape index (κ1) is 6.63. The minimum absolute atomic E-state index is 0.374. The maximum atomic E-state index is 5.18. The van der Waals surface area contributed by atoms with Gasteiger partial charge < -0.3 is 9.47 Å². The highest BCUT2D eigenvalue weighted by atomic mass is 16.6. The minimum atomic E-state index is 0.374. The van der Waals surface area contributed by atoms with E-state index in [0.717, 1.165) is 13.2 Å². The van der Waals surface area contributed by atoms with E-state index in [1.165, 1.54) is 11.1 Å². The van der Waals surface area contributed by atoms with E-state index in [0.29, 0.717) is 12.2 Å². The normalized spacial score (nSPS) is 31.7. The molecule has 0 N–H and O–H groups in total. The average Bonchev–Trinajstić information content (AvgIpc) is 2.98. The lowest BCUT2D eigenvalue weighted by Gasteiger charge is -1.97. The first-order valence-corrected chi connectivity index (χ1v) is 4.26. The van der Waals surface area contributed by atoms with Crippen LogP contribution in [-0.4, -0.2) is 13.2 Å². The Bertz CT molecular complexity index is 252. The molecule has 0 unspecified atom stereocenters. The topological polar surface area (TPSA) is 25.1 Å². The molecule has 2 fully saturated rings. The summed E-state index contributed by atoms with van der Waals surface area (Å²) in [5.74, 6) is 0. The molecule has 1 aromatic rings. The molecule has 0 aliphatic carbocycles. The van der Waals surface area contributed by atoms with Crippen molar-refractivity contribution in [3.63, 3.8) is 0 Å². The van der Waals surface area contributed by atoms with Crippen molar-refractivity contribution in [3.8, 4) is 0 Å². The van der Waals surface area contributed by atoms with Crippen LogP contribution in [0, 0.1) is 0 Å². The van der Waals surface area contributed by atoms with Crippen LogP contribution in [0.3, 0.4) is 0 Å². The summed E-state index contributed by atoms with van der Waals surface area (Å²) in [4.78, 5) is 0. The summed E-state index contributed by atoms with van der Waals surface area (Å²) in [5.41, 5.74) is 2.58. The Morgan fingerprint density at radius 3 is 1.42 bits per heavy atom. The lowest BCUT2D eigenvalue weighted by molar-refractivity contribution is 0.412. The SMILES string of the molecule is c1cc([C@H]2CO2)ccc1[C@H]1CO1. The molecule has 2 atom stereocenters. The molecule has 12 heavy (non-hydrogen) atoms. The highest BCUT2D eigenvalue weighted by Gasteiger charge is 2.27. The van der Waals surface area contributed by atoms with Crippen LogP contribution in [0.4, 0.5) is 0 Å². The Hall–Kier alpha value is -0.860. The van der Waals surface area contributed by atoms with Crippen LogP contribution in [-0.2, 0) is 9.47 Å². The Labute approximate surface area is 71.1 Å². The first-order valence-electron chi connectivity index (χ1n) is 4.26. The molecule has 0 aromatic heterocycles. The Balaban J connectivity index is 1.86. The van der Waals surface area contributed by atoms with E-state index in [2.05, 4.69) is 24.3 Å². The van der Waals surface area contributed by atoms with Crippen LogP contribution >= 0.6 is 0 Å². The van der Waals surface area contributed by atoms with E-state index < -0.39 is 0 Å². The zero-order valence-corrected chi connectivity index (χ0v) is 6.69. The van der Waals surface area contributed by atoms with Gasteiger partial charge in [0.05, 0.1) is 13.2 Å². The van der Waals surface area contributed by atoms with E-state index in [9.17, 15) is 0 Å². The van der Waals surface area contributed by atoms with Crippen molar-refractivity contribution >= 4 is 0 Å². The molecule has 1 aromatic carbocycles. The van der Waals surface area contributed by atoms with E-state index >= 15 is 0 Å². The van der Waals surface area contributed by atoms with Crippen LogP contribution < -0.4 is 0 Å². The average molecular weight is 162 g/mol. The fourth-order valence-corrected chi connectivity index (χ4v) is 1.41. The molecule has 2 heteroatoms. The summed E-state index contributed by atoms with van der Waals surface area (Å²) >= 11 is 0. The molecule has 2 nitrogen and oxygen atoms in total. The van der Waals surface area contributed by atoms with Gasteiger partial charge in [-0.05, 0) is 11.1 Å². The molecule has 0 saturated carbocycles. The van der Waals surface area contributed by atoms with Crippen molar-refractivity contribution in [2.75, 3.05) is 13.2 Å². The maximum absolute atomic E-state index is 5.18. The highest BCUT2D eigenvalue weighted by Crippen LogP contribution is 2.33. The van der Waals surface area contributed by atoms with Crippen molar-refractivity contribution in [3.05, 3.63) is 35.4 Å². The number of epoxide rings is 2. The number of rotatable bonds is 2. The monoisotopic (exact) mass is 162 g/mol. The molecule has 62 valence electrons. The molecule has 2 saturated heterocycles. The molecule has 0 spiro atoms. The van der Waals surface area contributed by atoms with Crippen molar-refractivity contribution < 1.29 is 9.47 Å². The van der Waals surface area contributed by atoms with Gasteiger partial charge in [-0.2, -0.15) is 0 Å². The number of ether oxygens (including phenoxy) is 2. The van der Waals surface area contributed by atoms with Gasteiger partial charge in [-0.15, -0.1) is 0 Å². The number of hydrogen-bond acceptors (Lipinski definition) is 2. The molecular formula is C10H10O2. The standard InChI is InChI=1S/C10H10O2/c1-2-8(10-6-12-10)4-3-7(1)9-5-11-9/h1-4,9-10H,5-6H2/t9-,10-/m1/s1. The van der Waals surface area contributed by atoms with E-state index in [4.69, 9.17) is 9.47 Å². The second kappa shape index (κ2) is 2.31. The maximum Gasteiger partial charge on any atom is 0.106 e. The molecule has 2 aliphatic heterocycles. The number of hydrogen-bond donors (Lipinski definition) is 0. The van der Waals surface area contributed by atoms with E-state index in [1.54, 1.807) is 0 Å². The third-order valence-corrected chi connectivity index (χ3v) is 2.35. The Morgan fingerprint density at radius 2 is 1.17 bits per heavy atom. The van der Waals surface area contributed by atoms with Gasteiger partial charge in [0, 0.05) is 0 Å². The van der Waals surface area contributed by atoms with Gasteiger partial charge >= 0.3 is 0 Å². The highest BCUT2D eigenvalue weighted by molar-refractivity contribution is 5.28. The molecule has 0 bridgehead atoms. The van der Waals surface area contributed by atoms with Gasteiger partial charge in [0.15, 0.2) is 0 Å². The van der Waals surface area contributed by atoms with Crippen molar-refractivity contribution in [1.29, 1.82) is 0 Å². The summed E-state index contributed by atoms with van der Waals surface area (Å²) in [6.07, 6.45) is 0.748. The van der Waals surface area contributed by atoms with Crippen LogP contribution in [0.1, 0.15) is 23.3 Å². The van der Waals surface area contributed by atoms with Gasteiger partial charge in [0.1, 0.15) is 12.2 Å². The Kier molecular flexibility index (Phi) is 1.28. The van der Waals surface area contributed by atoms with Crippen LogP contribution in [0.2, 0.25) is 0 Å². The third kappa shape index (κ3) is 1.13. The van der Waals surface area contributed by atoms with Crippen LogP contribution in [0.15, 0.2) is 24.3 Å². The molecule has 2 heterocycles.